The summed E-state index contributed by atoms with van der Waals surface area (Å²) in [4.78, 5) is 47.4. The van der Waals surface area contributed by atoms with Gasteiger partial charge in [0.15, 0.2) is 5.65 Å². The minimum Gasteiger partial charge on any atom is -0.395 e. The van der Waals surface area contributed by atoms with Crippen LogP contribution in [-0.2, 0) is 11.3 Å². The summed E-state index contributed by atoms with van der Waals surface area (Å²) in [6, 6.07) is 16.8. The van der Waals surface area contributed by atoms with Gasteiger partial charge in [-0.25, -0.2) is 23.7 Å². The first-order valence-electron chi connectivity index (χ1n) is 16.6. The second kappa shape index (κ2) is 12.1. The maximum atomic E-state index is 14.5. The lowest BCUT2D eigenvalue weighted by atomic mass is 9.89. The number of pyridine rings is 1. The molecule has 10 nitrogen and oxygen atoms in total. The van der Waals surface area contributed by atoms with Gasteiger partial charge in [0.25, 0.3) is 11.5 Å². The summed E-state index contributed by atoms with van der Waals surface area (Å²) < 4.78 is 17.2. The van der Waals surface area contributed by atoms with E-state index < -0.39 is 17.1 Å². The van der Waals surface area contributed by atoms with Crippen LogP contribution in [0, 0.1) is 5.82 Å². The lowest BCUT2D eigenvalue weighted by molar-refractivity contribution is -0.207. The molecule has 4 aromatic rings. The van der Waals surface area contributed by atoms with Crippen LogP contribution in [0.2, 0.25) is 0 Å². The summed E-state index contributed by atoms with van der Waals surface area (Å²) in [5.74, 6) is -0.462. The van der Waals surface area contributed by atoms with Crippen LogP contribution < -0.4 is 11.2 Å². The summed E-state index contributed by atoms with van der Waals surface area (Å²) >= 11 is 0. The molecule has 11 heteroatoms. The van der Waals surface area contributed by atoms with Crippen molar-refractivity contribution in [2.24, 2.45) is 0 Å². The van der Waals surface area contributed by atoms with Crippen LogP contribution in [0.15, 0.2) is 70.4 Å². The highest BCUT2D eigenvalue weighted by Gasteiger charge is 2.66. The average Bonchev–Trinajstić information content (AvgIpc) is 3.90. The number of rotatable bonds is 9. The van der Waals surface area contributed by atoms with Gasteiger partial charge in [-0.3, -0.25) is 24.1 Å². The Hall–Kier alpha value is -4.19. The summed E-state index contributed by atoms with van der Waals surface area (Å²) in [7, 11) is 1.97. The number of amides is 1. The molecule has 246 valence electrons. The summed E-state index contributed by atoms with van der Waals surface area (Å²) in [6.07, 6.45) is 5.28. The van der Waals surface area contributed by atoms with E-state index in [9.17, 15) is 23.9 Å². The Balaban J connectivity index is 1.20. The molecule has 1 amide bonds. The quantitative estimate of drug-likeness (QED) is 0.292. The summed E-state index contributed by atoms with van der Waals surface area (Å²) in [5, 5.41) is 13.4. The van der Waals surface area contributed by atoms with Crippen molar-refractivity contribution in [3.63, 3.8) is 0 Å². The molecular weight excluding hydrogens is 599 g/mol. The van der Waals surface area contributed by atoms with Crippen LogP contribution in [0.5, 0.6) is 0 Å². The number of likely N-dealkylation sites (N-methyl/N-ethyl adjacent to an activating group) is 1. The summed E-state index contributed by atoms with van der Waals surface area (Å²) in [6.45, 7) is 5.63. The molecule has 3 aliphatic rings. The van der Waals surface area contributed by atoms with Crippen molar-refractivity contribution < 1.29 is 14.3 Å². The van der Waals surface area contributed by atoms with Gasteiger partial charge >= 0.3 is 5.69 Å². The number of aromatic nitrogens is 3. The first-order chi connectivity index (χ1) is 22.6. The van der Waals surface area contributed by atoms with E-state index in [4.69, 9.17) is 0 Å². The number of aliphatic hydroxyl groups excluding tert-OH is 1. The topological polar surface area (TPSA) is 104 Å². The van der Waals surface area contributed by atoms with Crippen molar-refractivity contribution in [2.75, 3.05) is 20.2 Å². The molecule has 1 saturated heterocycles. The lowest BCUT2D eigenvalue weighted by Crippen LogP contribution is -2.72. The van der Waals surface area contributed by atoms with Crippen LogP contribution in [0.3, 0.4) is 0 Å². The first-order valence-corrected chi connectivity index (χ1v) is 16.6. The van der Waals surface area contributed by atoms with Crippen LogP contribution >= 0.6 is 0 Å². The van der Waals surface area contributed by atoms with Crippen molar-refractivity contribution >= 4 is 16.9 Å². The fourth-order valence-electron chi connectivity index (χ4n) is 7.52. The van der Waals surface area contributed by atoms with Crippen LogP contribution in [0.1, 0.15) is 64.0 Å². The van der Waals surface area contributed by atoms with Gasteiger partial charge in [0.05, 0.1) is 23.9 Å². The molecule has 3 fully saturated rings. The van der Waals surface area contributed by atoms with E-state index >= 15 is 0 Å². The monoisotopic (exact) mass is 640 g/mol. The molecule has 2 saturated carbocycles. The number of hydrogen-bond acceptors (Lipinski definition) is 7. The maximum absolute atomic E-state index is 14.5. The molecule has 0 unspecified atom stereocenters. The van der Waals surface area contributed by atoms with E-state index in [1.165, 1.54) is 9.13 Å². The largest absolute Gasteiger partial charge is 0.395 e. The number of carbonyl (C=O) groups excluding carboxylic acids is 1. The molecule has 1 spiro atoms. The van der Waals surface area contributed by atoms with E-state index in [1.54, 1.807) is 6.07 Å². The lowest BCUT2D eigenvalue weighted by Gasteiger charge is -2.53. The zero-order valence-corrected chi connectivity index (χ0v) is 27.1. The highest BCUT2D eigenvalue weighted by atomic mass is 19.1. The standard InChI is InChI=1S/C36H41FN6O4/c1-23(2)40(17-18-44)22-24-7-9-25(10-8-24)26-5-4-6-30(19-26)41-32-31(20-27(37)21-38-32)33(45)42(35(41)47)28-11-13-29(14-12-28)43-34(46)36(15-16-36)39(43)3/h4-10,19-21,23,28-29,44H,11-18,22H2,1-3H3. The van der Waals surface area contributed by atoms with Crippen molar-refractivity contribution in [3.05, 3.63) is 93.0 Å². The highest BCUT2D eigenvalue weighted by molar-refractivity contribution is 5.94. The Morgan fingerprint density at radius 3 is 2.32 bits per heavy atom. The van der Waals surface area contributed by atoms with Gasteiger partial charge in [-0.1, -0.05) is 36.4 Å². The fraction of sp³-hybridized carbons (Fsp3) is 0.444. The minimum absolute atomic E-state index is 0.0404. The number of hydrogen-bond donors (Lipinski definition) is 1. The van der Waals surface area contributed by atoms with E-state index in [1.807, 2.05) is 42.4 Å². The molecular formula is C36H41FN6O4. The van der Waals surface area contributed by atoms with E-state index in [2.05, 4.69) is 40.9 Å². The van der Waals surface area contributed by atoms with Gasteiger partial charge in [0, 0.05) is 38.3 Å². The Morgan fingerprint density at radius 1 is 0.979 bits per heavy atom. The molecule has 1 N–H and O–H groups in total. The Labute approximate surface area is 272 Å². The number of aliphatic hydroxyl groups is 1. The number of benzene rings is 2. The molecule has 0 radical (unpaired) electrons. The number of hydrazine groups is 1. The Bertz CT molecular complexity index is 1940. The maximum Gasteiger partial charge on any atom is 0.337 e. The van der Waals surface area contributed by atoms with Crippen molar-refractivity contribution in [1.82, 2.24) is 29.0 Å². The third kappa shape index (κ3) is 5.40. The van der Waals surface area contributed by atoms with E-state index in [0.29, 0.717) is 44.0 Å². The number of fused-ring (bicyclic) bond motifs is 1. The smallest absolute Gasteiger partial charge is 0.337 e. The van der Waals surface area contributed by atoms with Gasteiger partial charge in [0.2, 0.25) is 0 Å². The van der Waals surface area contributed by atoms with Crippen molar-refractivity contribution in [2.45, 2.75) is 82.6 Å². The normalized spacial score (nSPS) is 20.8. The zero-order chi connectivity index (χ0) is 33.0. The second-order valence-corrected chi connectivity index (χ2v) is 13.5. The molecule has 1 aliphatic heterocycles. The average molecular weight is 641 g/mol. The van der Waals surface area contributed by atoms with Crippen LogP contribution in [0.25, 0.3) is 27.8 Å². The first kappa shape index (κ1) is 31.4. The zero-order valence-electron chi connectivity index (χ0n) is 27.1. The predicted molar refractivity (Wildman–Crippen MR) is 177 cm³/mol. The molecule has 2 aromatic carbocycles. The Kier molecular flexibility index (Phi) is 8.10. The van der Waals surface area contributed by atoms with Gasteiger partial charge in [-0.05, 0) is 87.3 Å². The van der Waals surface area contributed by atoms with Gasteiger partial charge < -0.3 is 5.11 Å². The van der Waals surface area contributed by atoms with Crippen LogP contribution in [-0.4, -0.2) is 77.9 Å². The number of nitrogens with zero attached hydrogens (tertiary/aromatic N) is 6. The number of carbonyl (C=O) groups is 1. The second-order valence-electron chi connectivity index (χ2n) is 13.5. The van der Waals surface area contributed by atoms with E-state index in [-0.39, 0.29) is 41.2 Å². The van der Waals surface area contributed by atoms with Crippen molar-refractivity contribution in [1.29, 1.82) is 0 Å². The molecule has 3 heterocycles. The predicted octanol–water partition coefficient (Wildman–Crippen LogP) is 4.26. The fourth-order valence-corrected chi connectivity index (χ4v) is 7.52. The molecule has 0 bridgehead atoms. The minimum atomic E-state index is -0.646. The molecule has 47 heavy (non-hydrogen) atoms. The molecule has 2 aromatic heterocycles. The third-order valence-electron chi connectivity index (χ3n) is 10.4. The third-order valence-corrected chi connectivity index (χ3v) is 10.4. The van der Waals surface area contributed by atoms with Gasteiger partial charge in [0.1, 0.15) is 11.4 Å². The van der Waals surface area contributed by atoms with Gasteiger partial charge in [-0.2, -0.15) is 0 Å². The van der Waals surface area contributed by atoms with Crippen molar-refractivity contribution in [3.8, 4) is 16.8 Å². The van der Waals surface area contributed by atoms with Gasteiger partial charge in [-0.15, -0.1) is 0 Å². The molecule has 0 atom stereocenters. The molecule has 2 aliphatic carbocycles. The highest BCUT2D eigenvalue weighted by Crippen LogP contribution is 2.52. The Morgan fingerprint density at radius 2 is 1.68 bits per heavy atom. The van der Waals surface area contributed by atoms with E-state index in [0.717, 1.165) is 48.3 Å². The molecule has 7 rings (SSSR count). The van der Waals surface area contributed by atoms with Crippen LogP contribution in [0.4, 0.5) is 4.39 Å². The SMILES string of the molecule is CC(C)N(CCO)Cc1ccc(-c2cccc(-n3c(=O)n(C4CCC(N5C(=O)C6(CC6)N5C)CC4)c(=O)c4cc(F)cnc43)c2)cc1. The number of halogens is 1. The summed E-state index contributed by atoms with van der Waals surface area (Å²) in [5.41, 5.74) is 2.25.